The van der Waals surface area contributed by atoms with Crippen LogP contribution in [-0.2, 0) is 5.75 Å². The molecule has 33 heavy (non-hydrogen) atoms. The van der Waals surface area contributed by atoms with Gasteiger partial charge in [0.25, 0.3) is 5.56 Å². The van der Waals surface area contributed by atoms with Gasteiger partial charge in [-0.05, 0) is 68.4 Å². The largest absolute Gasteiger partial charge is 0.278 e. The van der Waals surface area contributed by atoms with Crippen molar-refractivity contribution in [3.8, 4) is 11.4 Å². The van der Waals surface area contributed by atoms with Crippen molar-refractivity contribution in [1.82, 2.24) is 19.1 Å². The van der Waals surface area contributed by atoms with Crippen LogP contribution in [0.25, 0.3) is 21.7 Å². The van der Waals surface area contributed by atoms with Crippen LogP contribution >= 0.6 is 46.7 Å². The molecule has 0 bridgehead atoms. The monoisotopic (exact) mass is 508 g/mol. The molecule has 3 aromatic heterocycles. The van der Waals surface area contributed by atoms with Crippen molar-refractivity contribution in [1.29, 1.82) is 0 Å². The van der Waals surface area contributed by atoms with E-state index in [4.69, 9.17) is 17.2 Å². The maximum atomic E-state index is 13.7. The summed E-state index contributed by atoms with van der Waals surface area (Å²) in [4.78, 5) is 23.3. The molecular weight excluding hydrogens is 489 g/mol. The summed E-state index contributed by atoms with van der Waals surface area (Å²) in [6, 6.07) is 15.8. The molecule has 3 heterocycles. The molecule has 166 valence electrons. The molecule has 0 unspecified atom stereocenters. The van der Waals surface area contributed by atoms with E-state index in [1.54, 1.807) is 15.9 Å². The van der Waals surface area contributed by atoms with Gasteiger partial charge >= 0.3 is 0 Å². The number of para-hydroxylation sites is 1. The Balaban J connectivity index is 1.73. The molecule has 5 nitrogen and oxygen atoms in total. The smallest absolute Gasteiger partial charge is 0.275 e. The quantitative estimate of drug-likeness (QED) is 0.151. The third-order valence-electron chi connectivity index (χ3n) is 5.36. The second-order valence-corrected chi connectivity index (χ2v) is 11.3. The average molecular weight is 509 g/mol. The highest BCUT2D eigenvalue weighted by molar-refractivity contribution is 7.98. The summed E-state index contributed by atoms with van der Waals surface area (Å²) in [7, 11) is 0. The number of hydrogen-bond acceptors (Lipinski definition) is 7. The first kappa shape index (κ1) is 22.2. The lowest BCUT2D eigenvalue weighted by Gasteiger charge is -2.13. The van der Waals surface area contributed by atoms with Gasteiger partial charge in [-0.25, -0.2) is 9.97 Å². The van der Waals surface area contributed by atoms with Gasteiger partial charge in [-0.2, -0.15) is 0 Å². The molecule has 0 aliphatic carbocycles. The zero-order valence-electron chi connectivity index (χ0n) is 18.2. The Kier molecular flexibility index (Phi) is 6.05. The number of aryl methyl sites for hydroxylation is 3. The molecule has 0 N–H and O–H groups in total. The Labute approximate surface area is 208 Å². The van der Waals surface area contributed by atoms with Crippen LogP contribution in [0.5, 0.6) is 0 Å². The molecular formula is C24H20N4OS4. The molecule has 2 aromatic carbocycles. The minimum absolute atomic E-state index is 0.109. The topological polar surface area (TPSA) is 52.7 Å². The first-order chi connectivity index (χ1) is 15.9. The Morgan fingerprint density at radius 1 is 0.970 bits per heavy atom. The van der Waals surface area contributed by atoms with E-state index >= 15 is 0 Å². The molecule has 0 aliphatic rings. The SMILES string of the molecule is Cc1nc(CSc2nc3c(sc(=S)n3-c3ccc(C)c(C)c3)c(=O)n2-c2ccccc2)cs1. The van der Waals surface area contributed by atoms with Gasteiger partial charge in [-0.15, -0.1) is 11.3 Å². The van der Waals surface area contributed by atoms with Gasteiger partial charge in [0.2, 0.25) is 0 Å². The van der Waals surface area contributed by atoms with Gasteiger partial charge in [0.15, 0.2) is 14.8 Å². The molecule has 0 aliphatic heterocycles. The van der Waals surface area contributed by atoms with Crippen LogP contribution < -0.4 is 5.56 Å². The fraction of sp³-hybridized carbons (Fsp3) is 0.167. The van der Waals surface area contributed by atoms with Crippen LogP contribution in [0, 0.1) is 24.7 Å². The molecule has 0 amide bonds. The lowest BCUT2D eigenvalue weighted by atomic mass is 10.1. The molecule has 0 radical (unpaired) electrons. The van der Waals surface area contributed by atoms with Gasteiger partial charge in [0.05, 0.1) is 16.4 Å². The van der Waals surface area contributed by atoms with Crippen LogP contribution in [0.2, 0.25) is 0 Å². The molecule has 0 fully saturated rings. The Morgan fingerprint density at radius 3 is 2.45 bits per heavy atom. The normalized spacial score (nSPS) is 11.4. The minimum atomic E-state index is -0.109. The highest BCUT2D eigenvalue weighted by Gasteiger charge is 2.19. The molecule has 5 aromatic rings. The number of aromatic nitrogens is 4. The number of fused-ring (bicyclic) bond motifs is 1. The molecule has 9 heteroatoms. The summed E-state index contributed by atoms with van der Waals surface area (Å²) in [6.07, 6.45) is 0. The first-order valence-corrected chi connectivity index (χ1v) is 13.4. The van der Waals surface area contributed by atoms with E-state index in [9.17, 15) is 4.79 Å². The second kappa shape index (κ2) is 8.98. The van der Waals surface area contributed by atoms with E-state index in [-0.39, 0.29) is 5.56 Å². The summed E-state index contributed by atoms with van der Waals surface area (Å²) >= 11 is 10.1. The molecule has 0 saturated carbocycles. The van der Waals surface area contributed by atoms with Gasteiger partial charge < -0.3 is 0 Å². The van der Waals surface area contributed by atoms with Gasteiger partial charge in [-0.3, -0.25) is 13.9 Å². The van der Waals surface area contributed by atoms with Gasteiger partial charge in [0.1, 0.15) is 4.70 Å². The third-order valence-corrected chi connectivity index (χ3v) is 8.50. The van der Waals surface area contributed by atoms with Crippen molar-refractivity contribution in [3.63, 3.8) is 0 Å². The molecule has 5 rings (SSSR count). The fourth-order valence-electron chi connectivity index (χ4n) is 3.54. The average Bonchev–Trinajstić information content (AvgIpc) is 3.37. The zero-order chi connectivity index (χ0) is 23.1. The number of hydrogen-bond donors (Lipinski definition) is 0. The zero-order valence-corrected chi connectivity index (χ0v) is 21.5. The predicted molar refractivity (Wildman–Crippen MR) is 141 cm³/mol. The Hall–Kier alpha value is -2.59. The number of rotatable bonds is 5. The van der Waals surface area contributed by atoms with E-state index in [1.807, 2.05) is 53.3 Å². The van der Waals surface area contributed by atoms with Crippen molar-refractivity contribution in [2.45, 2.75) is 31.7 Å². The van der Waals surface area contributed by atoms with Crippen molar-refractivity contribution in [2.75, 3.05) is 0 Å². The summed E-state index contributed by atoms with van der Waals surface area (Å²) in [5, 5.41) is 3.69. The van der Waals surface area contributed by atoms with Crippen LogP contribution in [0.3, 0.4) is 0 Å². The number of thioether (sulfide) groups is 1. The van der Waals surface area contributed by atoms with E-state index in [0.29, 0.717) is 25.2 Å². The van der Waals surface area contributed by atoms with Crippen molar-refractivity contribution in [2.24, 2.45) is 0 Å². The second-order valence-electron chi connectivity index (χ2n) is 7.64. The summed E-state index contributed by atoms with van der Waals surface area (Å²) in [6.45, 7) is 6.14. The lowest BCUT2D eigenvalue weighted by Crippen LogP contribution is -2.21. The predicted octanol–water partition coefficient (Wildman–Crippen LogP) is 6.64. The van der Waals surface area contributed by atoms with E-state index in [1.165, 1.54) is 34.2 Å². The maximum absolute atomic E-state index is 13.7. The van der Waals surface area contributed by atoms with Crippen LogP contribution in [0.1, 0.15) is 21.8 Å². The Bertz CT molecular complexity index is 1590. The van der Waals surface area contributed by atoms with E-state index in [2.05, 4.69) is 31.0 Å². The minimum Gasteiger partial charge on any atom is -0.275 e. The van der Waals surface area contributed by atoms with Crippen LogP contribution in [0.4, 0.5) is 0 Å². The summed E-state index contributed by atoms with van der Waals surface area (Å²) in [5.74, 6) is 0.629. The van der Waals surface area contributed by atoms with E-state index in [0.717, 1.165) is 22.1 Å². The fourth-order valence-corrected chi connectivity index (χ4v) is 6.46. The number of nitrogens with zero attached hydrogens (tertiary/aromatic N) is 4. The number of thiazole rings is 2. The summed E-state index contributed by atoms with van der Waals surface area (Å²) in [5.41, 5.74) is 5.55. The number of benzene rings is 2. The maximum Gasteiger partial charge on any atom is 0.278 e. The molecule has 0 spiro atoms. The van der Waals surface area contributed by atoms with Gasteiger partial charge in [0, 0.05) is 16.8 Å². The van der Waals surface area contributed by atoms with Crippen molar-refractivity contribution >= 4 is 57.0 Å². The molecule has 0 atom stereocenters. The highest BCUT2D eigenvalue weighted by atomic mass is 32.2. The summed E-state index contributed by atoms with van der Waals surface area (Å²) < 4.78 is 4.75. The van der Waals surface area contributed by atoms with Gasteiger partial charge in [-0.1, -0.05) is 47.4 Å². The van der Waals surface area contributed by atoms with Crippen molar-refractivity contribution in [3.05, 3.63) is 90.0 Å². The first-order valence-electron chi connectivity index (χ1n) is 10.3. The Morgan fingerprint density at radius 2 is 1.76 bits per heavy atom. The van der Waals surface area contributed by atoms with Crippen LogP contribution in [0.15, 0.2) is 63.9 Å². The highest BCUT2D eigenvalue weighted by Crippen LogP contribution is 2.29. The van der Waals surface area contributed by atoms with Crippen molar-refractivity contribution < 1.29 is 0 Å². The molecule has 0 saturated heterocycles. The standard InChI is InChI=1S/C24H20N4OS4/c1-14-9-10-19(11-15(14)2)27-21-20(33-24(27)30)22(29)28(18-7-5-4-6-8-18)23(26-21)32-13-17-12-31-16(3)25-17/h4-12H,13H2,1-3H3. The third kappa shape index (κ3) is 4.21. The van der Waals surface area contributed by atoms with Crippen LogP contribution in [-0.4, -0.2) is 19.1 Å². The van der Waals surface area contributed by atoms with E-state index < -0.39 is 0 Å². The lowest BCUT2D eigenvalue weighted by molar-refractivity contribution is 0.811.